The molecule has 0 saturated carbocycles. The van der Waals surface area contributed by atoms with Crippen molar-refractivity contribution >= 4 is 0 Å². The van der Waals surface area contributed by atoms with Gasteiger partial charge in [0.25, 0.3) is 0 Å². The van der Waals surface area contributed by atoms with Crippen LogP contribution in [0.25, 0.3) is 0 Å². The van der Waals surface area contributed by atoms with Gasteiger partial charge < -0.3 is 14.5 Å². The van der Waals surface area contributed by atoms with E-state index in [9.17, 15) is 0 Å². The smallest absolute Gasteiger partial charge is 0.122 e. The molecule has 1 aliphatic heterocycles. The zero-order valence-electron chi connectivity index (χ0n) is 13.0. The van der Waals surface area contributed by atoms with E-state index >= 15 is 0 Å². The first-order valence-corrected chi connectivity index (χ1v) is 7.79. The predicted octanol–water partition coefficient (Wildman–Crippen LogP) is 2.64. The molecule has 2 heterocycles. The lowest BCUT2D eigenvalue weighted by Crippen LogP contribution is -2.41. The monoisotopic (exact) mass is 280 g/mol. The Morgan fingerprint density at radius 3 is 3.05 bits per heavy atom. The highest BCUT2D eigenvalue weighted by Gasteiger charge is 2.20. The van der Waals surface area contributed by atoms with Crippen LogP contribution in [0.3, 0.4) is 0 Å². The van der Waals surface area contributed by atoms with Crippen LogP contribution in [0.15, 0.2) is 16.7 Å². The molecule has 0 amide bonds. The Morgan fingerprint density at radius 2 is 2.30 bits per heavy atom. The van der Waals surface area contributed by atoms with E-state index in [1.807, 2.05) is 0 Å². The molecule has 1 aromatic heterocycles. The Kier molecular flexibility index (Phi) is 6.07. The van der Waals surface area contributed by atoms with E-state index in [4.69, 9.17) is 9.15 Å². The highest BCUT2D eigenvalue weighted by atomic mass is 16.5. The number of nitrogens with zero attached hydrogens (tertiary/aromatic N) is 1. The molecule has 4 heteroatoms. The normalized spacial score (nSPS) is 20.7. The fraction of sp³-hybridized carbons (Fsp3) is 0.750. The standard InChI is InChI=1S/C16H28N2O2/c1-4-15-11-18(6-8-19-15)12-16-14(5-7-20-16)10-17-9-13(2)3/h5,7,13,15,17H,4,6,8-12H2,1-3H3. The molecule has 1 unspecified atom stereocenters. The first kappa shape index (κ1) is 15.5. The third-order valence-electron chi connectivity index (χ3n) is 3.75. The van der Waals surface area contributed by atoms with E-state index in [1.54, 1.807) is 6.26 Å². The lowest BCUT2D eigenvalue weighted by molar-refractivity contribution is -0.0343. The summed E-state index contributed by atoms with van der Waals surface area (Å²) in [6, 6.07) is 2.08. The van der Waals surface area contributed by atoms with Crippen LogP contribution in [-0.4, -0.2) is 37.2 Å². The Bertz CT molecular complexity index is 390. The average molecular weight is 280 g/mol. The lowest BCUT2D eigenvalue weighted by atomic mass is 10.2. The molecule has 2 rings (SSSR count). The second-order valence-corrected chi connectivity index (χ2v) is 6.03. The molecular formula is C16H28N2O2. The zero-order chi connectivity index (χ0) is 14.4. The molecule has 1 atom stereocenters. The van der Waals surface area contributed by atoms with Crippen LogP contribution in [0.2, 0.25) is 0 Å². The summed E-state index contributed by atoms with van der Waals surface area (Å²) in [7, 11) is 0. The van der Waals surface area contributed by atoms with Gasteiger partial charge in [0, 0.05) is 25.2 Å². The quantitative estimate of drug-likeness (QED) is 0.833. The average Bonchev–Trinajstić information content (AvgIpc) is 2.86. The molecule has 0 aliphatic carbocycles. The Morgan fingerprint density at radius 1 is 1.45 bits per heavy atom. The van der Waals surface area contributed by atoms with Gasteiger partial charge in [-0.25, -0.2) is 0 Å². The van der Waals surface area contributed by atoms with Gasteiger partial charge in [-0.05, 0) is 24.9 Å². The van der Waals surface area contributed by atoms with Gasteiger partial charge in [-0.3, -0.25) is 4.90 Å². The molecular weight excluding hydrogens is 252 g/mol. The largest absolute Gasteiger partial charge is 0.468 e. The van der Waals surface area contributed by atoms with E-state index in [0.717, 1.165) is 51.5 Å². The summed E-state index contributed by atoms with van der Waals surface area (Å²) >= 11 is 0. The van der Waals surface area contributed by atoms with Crippen molar-refractivity contribution in [2.24, 2.45) is 5.92 Å². The third-order valence-corrected chi connectivity index (χ3v) is 3.75. The van der Waals surface area contributed by atoms with Crippen molar-refractivity contribution < 1.29 is 9.15 Å². The number of furan rings is 1. The highest BCUT2D eigenvalue weighted by Crippen LogP contribution is 2.16. The topological polar surface area (TPSA) is 37.6 Å². The van der Waals surface area contributed by atoms with Crippen LogP contribution in [0.4, 0.5) is 0 Å². The van der Waals surface area contributed by atoms with E-state index in [-0.39, 0.29) is 0 Å². The number of morpholine rings is 1. The fourth-order valence-corrected chi connectivity index (χ4v) is 2.53. The molecule has 1 saturated heterocycles. The van der Waals surface area contributed by atoms with Gasteiger partial charge in [0.2, 0.25) is 0 Å². The Labute approximate surface area is 122 Å². The molecule has 1 aliphatic rings. The minimum Gasteiger partial charge on any atom is -0.468 e. The molecule has 1 N–H and O–H groups in total. The van der Waals surface area contributed by atoms with Crippen LogP contribution in [-0.2, 0) is 17.8 Å². The first-order chi connectivity index (χ1) is 9.69. The molecule has 1 fully saturated rings. The van der Waals surface area contributed by atoms with Gasteiger partial charge in [-0.2, -0.15) is 0 Å². The van der Waals surface area contributed by atoms with Gasteiger partial charge in [0.15, 0.2) is 0 Å². The van der Waals surface area contributed by atoms with E-state index in [2.05, 4.69) is 37.1 Å². The van der Waals surface area contributed by atoms with Crippen molar-refractivity contribution in [3.63, 3.8) is 0 Å². The van der Waals surface area contributed by atoms with E-state index in [0.29, 0.717) is 12.0 Å². The maximum absolute atomic E-state index is 5.71. The van der Waals surface area contributed by atoms with Crippen LogP contribution in [0.5, 0.6) is 0 Å². The van der Waals surface area contributed by atoms with E-state index in [1.165, 1.54) is 5.56 Å². The summed E-state index contributed by atoms with van der Waals surface area (Å²) < 4.78 is 11.4. The number of hydrogen-bond donors (Lipinski definition) is 1. The summed E-state index contributed by atoms with van der Waals surface area (Å²) in [5, 5.41) is 3.48. The maximum Gasteiger partial charge on any atom is 0.122 e. The maximum atomic E-state index is 5.71. The van der Waals surface area contributed by atoms with Crippen LogP contribution < -0.4 is 5.32 Å². The molecule has 114 valence electrons. The molecule has 20 heavy (non-hydrogen) atoms. The molecule has 0 bridgehead atoms. The van der Waals surface area contributed by atoms with Crippen LogP contribution in [0, 0.1) is 5.92 Å². The molecule has 0 radical (unpaired) electrons. The number of nitrogens with one attached hydrogen (secondary N) is 1. The zero-order valence-corrected chi connectivity index (χ0v) is 13.0. The van der Waals surface area contributed by atoms with Crippen molar-refractivity contribution in [2.75, 3.05) is 26.2 Å². The van der Waals surface area contributed by atoms with E-state index < -0.39 is 0 Å². The van der Waals surface area contributed by atoms with Gasteiger partial charge in [-0.1, -0.05) is 20.8 Å². The minimum atomic E-state index is 0.376. The Balaban J connectivity index is 1.84. The molecule has 1 aromatic rings. The molecule has 4 nitrogen and oxygen atoms in total. The number of ether oxygens (including phenoxy) is 1. The highest BCUT2D eigenvalue weighted by molar-refractivity contribution is 5.16. The lowest BCUT2D eigenvalue weighted by Gasteiger charge is -2.32. The SMILES string of the molecule is CCC1CN(Cc2occc2CNCC(C)C)CCO1. The summed E-state index contributed by atoms with van der Waals surface area (Å²) in [5.74, 6) is 1.77. The van der Waals surface area contributed by atoms with Gasteiger partial charge in [0.05, 0.1) is 25.5 Å². The summed E-state index contributed by atoms with van der Waals surface area (Å²) in [6.45, 7) is 12.3. The summed E-state index contributed by atoms with van der Waals surface area (Å²) in [5.41, 5.74) is 1.28. The number of rotatable bonds is 7. The van der Waals surface area contributed by atoms with Crippen molar-refractivity contribution in [1.82, 2.24) is 10.2 Å². The summed E-state index contributed by atoms with van der Waals surface area (Å²) in [4.78, 5) is 2.43. The third kappa shape index (κ3) is 4.62. The Hall–Kier alpha value is -0.840. The first-order valence-electron chi connectivity index (χ1n) is 7.79. The van der Waals surface area contributed by atoms with Crippen LogP contribution >= 0.6 is 0 Å². The second kappa shape index (κ2) is 7.81. The van der Waals surface area contributed by atoms with Crippen molar-refractivity contribution in [2.45, 2.75) is 46.4 Å². The van der Waals surface area contributed by atoms with Gasteiger partial charge >= 0.3 is 0 Å². The molecule has 0 aromatic carbocycles. The predicted molar refractivity (Wildman–Crippen MR) is 80.6 cm³/mol. The second-order valence-electron chi connectivity index (χ2n) is 6.03. The van der Waals surface area contributed by atoms with Crippen molar-refractivity contribution in [3.8, 4) is 0 Å². The van der Waals surface area contributed by atoms with Crippen molar-refractivity contribution in [3.05, 3.63) is 23.7 Å². The fourth-order valence-electron chi connectivity index (χ4n) is 2.53. The van der Waals surface area contributed by atoms with Crippen LogP contribution in [0.1, 0.15) is 38.5 Å². The minimum absolute atomic E-state index is 0.376. The van der Waals surface area contributed by atoms with Gasteiger partial charge in [-0.15, -0.1) is 0 Å². The van der Waals surface area contributed by atoms with Gasteiger partial charge in [0.1, 0.15) is 5.76 Å². The van der Waals surface area contributed by atoms with Crippen molar-refractivity contribution in [1.29, 1.82) is 0 Å². The number of hydrogen-bond acceptors (Lipinski definition) is 4. The summed E-state index contributed by atoms with van der Waals surface area (Å²) in [6.07, 6.45) is 3.26. The molecule has 0 spiro atoms.